The lowest BCUT2D eigenvalue weighted by Gasteiger charge is -2.23. The van der Waals surface area contributed by atoms with E-state index in [0.29, 0.717) is 24.6 Å². The fourth-order valence-corrected chi connectivity index (χ4v) is 2.15. The molecule has 4 nitrogen and oxygen atoms in total. The summed E-state index contributed by atoms with van der Waals surface area (Å²) in [6.07, 6.45) is 0.833. The minimum absolute atomic E-state index is 0.287. The Kier molecular flexibility index (Phi) is 6.96. The molecule has 1 rings (SSSR count). The van der Waals surface area contributed by atoms with Gasteiger partial charge in [0.2, 0.25) is 0 Å². The van der Waals surface area contributed by atoms with Gasteiger partial charge < -0.3 is 14.4 Å². The van der Waals surface area contributed by atoms with Crippen LogP contribution in [0, 0.1) is 0 Å². The Labute approximate surface area is 129 Å². The molecule has 0 aromatic heterocycles. The Morgan fingerprint density at radius 1 is 1.25 bits per heavy atom. The maximum Gasteiger partial charge on any atom is 0.256 e. The quantitative estimate of drug-likeness (QED) is 0.724. The molecule has 0 fully saturated rings. The number of rotatable bonds is 7. The van der Waals surface area contributed by atoms with Crippen molar-refractivity contribution in [2.45, 2.75) is 24.7 Å². The molecule has 0 atom stereocenters. The van der Waals surface area contributed by atoms with Gasteiger partial charge in [-0.1, -0.05) is 36.2 Å². The third kappa shape index (κ3) is 4.46. The summed E-state index contributed by atoms with van der Waals surface area (Å²) in [6, 6.07) is 5.53. The third-order valence-electron chi connectivity index (χ3n) is 2.81. The number of carbonyl (C=O) groups is 1. The Morgan fingerprint density at radius 3 is 2.40 bits per heavy atom. The van der Waals surface area contributed by atoms with E-state index in [0.717, 1.165) is 12.0 Å². The number of nitrogens with zero attached hydrogens (tertiary/aromatic N) is 1. The number of hydrogen-bond acceptors (Lipinski definition) is 3. The Morgan fingerprint density at radius 2 is 1.90 bits per heavy atom. The smallest absolute Gasteiger partial charge is 0.256 e. The SMILES string of the molecule is CCCN(Cc1ccc(OC)c(OC)c1)C(=O)C(Cl)Cl. The van der Waals surface area contributed by atoms with Gasteiger partial charge in [-0.25, -0.2) is 0 Å². The molecule has 1 aromatic carbocycles. The largest absolute Gasteiger partial charge is 0.493 e. The highest BCUT2D eigenvalue weighted by Crippen LogP contribution is 2.28. The van der Waals surface area contributed by atoms with Gasteiger partial charge in [0.25, 0.3) is 5.91 Å². The third-order valence-corrected chi connectivity index (χ3v) is 3.19. The van der Waals surface area contributed by atoms with Crippen LogP contribution in [0.5, 0.6) is 11.5 Å². The highest BCUT2D eigenvalue weighted by molar-refractivity contribution is 6.53. The maximum absolute atomic E-state index is 11.9. The predicted octanol–water partition coefficient (Wildman–Crippen LogP) is 3.25. The number of halogens is 2. The molecule has 1 aromatic rings. The zero-order valence-electron chi connectivity index (χ0n) is 11.9. The van der Waals surface area contributed by atoms with Crippen molar-refractivity contribution in [3.63, 3.8) is 0 Å². The number of alkyl halides is 2. The molecule has 1 amide bonds. The first-order valence-corrected chi connectivity index (χ1v) is 7.18. The molecule has 0 heterocycles. The monoisotopic (exact) mass is 319 g/mol. The Hall–Kier alpha value is -1.13. The van der Waals surface area contributed by atoms with E-state index in [9.17, 15) is 4.79 Å². The molecular weight excluding hydrogens is 301 g/mol. The molecule has 112 valence electrons. The Balaban J connectivity index is 2.91. The van der Waals surface area contributed by atoms with Crippen LogP contribution in [0.4, 0.5) is 0 Å². The lowest BCUT2D eigenvalue weighted by molar-refractivity contribution is -0.130. The molecule has 0 radical (unpaired) electrons. The van der Waals surface area contributed by atoms with E-state index in [2.05, 4.69) is 0 Å². The van der Waals surface area contributed by atoms with Crippen molar-refractivity contribution >= 4 is 29.1 Å². The predicted molar refractivity (Wildman–Crippen MR) is 80.7 cm³/mol. The molecule has 0 unspecified atom stereocenters. The maximum atomic E-state index is 11.9. The van der Waals surface area contributed by atoms with Gasteiger partial charge in [-0.05, 0) is 24.1 Å². The normalized spacial score (nSPS) is 10.5. The van der Waals surface area contributed by atoms with Gasteiger partial charge in [0.15, 0.2) is 16.3 Å². The molecule has 0 bridgehead atoms. The molecule has 0 N–H and O–H groups in total. The molecular formula is C14H19Cl2NO3. The van der Waals surface area contributed by atoms with Gasteiger partial charge in [0, 0.05) is 13.1 Å². The summed E-state index contributed by atoms with van der Waals surface area (Å²) in [5.74, 6) is 0.990. The summed E-state index contributed by atoms with van der Waals surface area (Å²) in [5.41, 5.74) is 0.929. The topological polar surface area (TPSA) is 38.8 Å². The van der Waals surface area contributed by atoms with Gasteiger partial charge in [-0.3, -0.25) is 4.79 Å². The number of amides is 1. The van der Waals surface area contributed by atoms with Crippen LogP contribution in [0.3, 0.4) is 0 Å². The second-order valence-corrected chi connectivity index (χ2v) is 5.35. The molecule has 6 heteroatoms. The van der Waals surface area contributed by atoms with Crippen LogP contribution in [0.1, 0.15) is 18.9 Å². The number of methoxy groups -OCH3 is 2. The highest BCUT2D eigenvalue weighted by atomic mass is 35.5. The highest BCUT2D eigenvalue weighted by Gasteiger charge is 2.20. The summed E-state index contributed by atoms with van der Waals surface area (Å²) < 4.78 is 10.4. The number of ether oxygens (including phenoxy) is 2. The summed E-state index contributed by atoms with van der Waals surface area (Å²) >= 11 is 11.3. The number of hydrogen-bond donors (Lipinski definition) is 0. The van der Waals surface area contributed by atoms with Gasteiger partial charge >= 0.3 is 0 Å². The van der Waals surface area contributed by atoms with Crippen LogP contribution >= 0.6 is 23.2 Å². The minimum atomic E-state index is -1.04. The van der Waals surface area contributed by atoms with Crippen molar-refractivity contribution in [3.8, 4) is 11.5 Å². The number of benzene rings is 1. The zero-order valence-corrected chi connectivity index (χ0v) is 13.4. The van der Waals surface area contributed by atoms with Crippen LogP contribution in [0.2, 0.25) is 0 Å². The van der Waals surface area contributed by atoms with Gasteiger partial charge in [-0.2, -0.15) is 0 Å². The van der Waals surface area contributed by atoms with Crippen LogP contribution in [-0.4, -0.2) is 36.4 Å². The van der Waals surface area contributed by atoms with Gasteiger partial charge in [-0.15, -0.1) is 0 Å². The zero-order chi connectivity index (χ0) is 15.1. The van der Waals surface area contributed by atoms with Crippen molar-refractivity contribution in [1.82, 2.24) is 4.90 Å². The molecule has 0 saturated heterocycles. The van der Waals surface area contributed by atoms with E-state index in [1.54, 1.807) is 19.1 Å². The fourth-order valence-electron chi connectivity index (χ4n) is 1.87. The Bertz CT molecular complexity index is 452. The van der Waals surface area contributed by atoms with Crippen molar-refractivity contribution in [2.75, 3.05) is 20.8 Å². The van der Waals surface area contributed by atoms with E-state index < -0.39 is 4.84 Å². The fraction of sp³-hybridized carbons (Fsp3) is 0.500. The molecule has 0 aliphatic heterocycles. The molecule has 0 aliphatic rings. The van der Waals surface area contributed by atoms with E-state index in [1.807, 2.05) is 25.1 Å². The summed E-state index contributed by atoms with van der Waals surface area (Å²) in [7, 11) is 3.15. The first kappa shape index (κ1) is 16.9. The van der Waals surface area contributed by atoms with Crippen molar-refractivity contribution in [3.05, 3.63) is 23.8 Å². The van der Waals surface area contributed by atoms with Crippen LogP contribution in [-0.2, 0) is 11.3 Å². The van der Waals surface area contributed by atoms with Crippen LogP contribution in [0.25, 0.3) is 0 Å². The van der Waals surface area contributed by atoms with E-state index in [-0.39, 0.29) is 5.91 Å². The van der Waals surface area contributed by atoms with Gasteiger partial charge in [0.05, 0.1) is 14.2 Å². The molecule has 20 heavy (non-hydrogen) atoms. The lowest BCUT2D eigenvalue weighted by Crippen LogP contribution is -2.35. The van der Waals surface area contributed by atoms with E-state index in [1.165, 1.54) is 0 Å². The van der Waals surface area contributed by atoms with Gasteiger partial charge in [0.1, 0.15) is 0 Å². The van der Waals surface area contributed by atoms with E-state index >= 15 is 0 Å². The molecule has 0 spiro atoms. The van der Waals surface area contributed by atoms with E-state index in [4.69, 9.17) is 32.7 Å². The standard InChI is InChI=1S/C14H19Cl2NO3/c1-4-7-17(14(18)13(15)16)9-10-5-6-11(19-2)12(8-10)20-3/h5-6,8,13H,4,7,9H2,1-3H3. The molecule has 0 saturated carbocycles. The summed E-state index contributed by atoms with van der Waals surface area (Å²) in [4.78, 5) is 12.5. The minimum Gasteiger partial charge on any atom is -0.493 e. The average molecular weight is 320 g/mol. The summed E-state index contributed by atoms with van der Waals surface area (Å²) in [5, 5.41) is 0. The van der Waals surface area contributed by atoms with Crippen LogP contribution in [0.15, 0.2) is 18.2 Å². The lowest BCUT2D eigenvalue weighted by atomic mass is 10.2. The first-order valence-electron chi connectivity index (χ1n) is 6.31. The van der Waals surface area contributed by atoms with Crippen molar-refractivity contribution < 1.29 is 14.3 Å². The first-order chi connectivity index (χ1) is 9.53. The second-order valence-electron chi connectivity index (χ2n) is 4.25. The second kappa shape index (κ2) is 8.22. The summed E-state index contributed by atoms with van der Waals surface area (Å²) in [6.45, 7) is 3.03. The average Bonchev–Trinajstić information content (AvgIpc) is 2.45. The number of carbonyl (C=O) groups excluding carboxylic acids is 1. The van der Waals surface area contributed by atoms with Crippen molar-refractivity contribution in [2.24, 2.45) is 0 Å². The van der Waals surface area contributed by atoms with Crippen LogP contribution < -0.4 is 9.47 Å². The van der Waals surface area contributed by atoms with Crippen molar-refractivity contribution in [1.29, 1.82) is 0 Å². The molecule has 0 aliphatic carbocycles.